The Kier molecular flexibility index (Phi) is 4.56. The van der Waals surface area contributed by atoms with Gasteiger partial charge in [-0.1, -0.05) is 19.1 Å². The number of benzene rings is 1. The Morgan fingerprint density at radius 1 is 1.26 bits per heavy atom. The van der Waals surface area contributed by atoms with Crippen molar-refractivity contribution in [3.63, 3.8) is 0 Å². The van der Waals surface area contributed by atoms with E-state index in [1.54, 1.807) is 17.1 Å². The van der Waals surface area contributed by atoms with Gasteiger partial charge < -0.3 is 14.3 Å². The van der Waals surface area contributed by atoms with Crippen LogP contribution in [0.15, 0.2) is 47.8 Å². The molecule has 0 unspecified atom stereocenters. The average molecular weight is 458 g/mol. The lowest BCUT2D eigenvalue weighted by atomic mass is 9.58. The van der Waals surface area contributed by atoms with Crippen molar-refractivity contribution in [2.24, 2.45) is 13.0 Å². The van der Waals surface area contributed by atoms with Gasteiger partial charge in [-0.05, 0) is 60.8 Å². The van der Waals surface area contributed by atoms with Gasteiger partial charge in [0, 0.05) is 30.5 Å². The maximum Gasteiger partial charge on any atom is 0.340 e. The molecule has 0 atom stereocenters. The number of esters is 1. The number of carbonyl (C=O) groups excluding carboxylic acids is 1. The summed E-state index contributed by atoms with van der Waals surface area (Å²) in [6.45, 7) is 2.25. The molecular weight excluding hydrogens is 430 g/mol. The average Bonchev–Trinajstić information content (AvgIpc) is 3.42. The molecule has 0 saturated heterocycles. The summed E-state index contributed by atoms with van der Waals surface area (Å²) in [5.74, 6) is 1.46. The van der Waals surface area contributed by atoms with Crippen LogP contribution in [0.1, 0.15) is 65.8 Å². The Balaban J connectivity index is 1.52. The summed E-state index contributed by atoms with van der Waals surface area (Å²) in [5, 5.41) is 9.27. The highest BCUT2D eigenvalue weighted by molar-refractivity contribution is 6.05. The Morgan fingerprint density at radius 3 is 2.71 bits per heavy atom. The van der Waals surface area contributed by atoms with Crippen molar-refractivity contribution < 1.29 is 9.53 Å². The summed E-state index contributed by atoms with van der Waals surface area (Å²) < 4.78 is 8.66. The van der Waals surface area contributed by atoms with Crippen molar-refractivity contribution in [1.82, 2.24) is 24.3 Å². The van der Waals surface area contributed by atoms with Gasteiger partial charge in [0.1, 0.15) is 17.7 Å². The molecule has 1 aromatic carbocycles. The third-order valence-electron chi connectivity index (χ3n) is 7.50. The Hall–Kier alpha value is -3.68. The molecule has 4 aromatic rings. The van der Waals surface area contributed by atoms with Crippen molar-refractivity contribution >= 4 is 16.9 Å². The van der Waals surface area contributed by atoms with Crippen LogP contribution in [-0.2, 0) is 17.2 Å². The maximum absolute atomic E-state index is 13.6. The minimum atomic E-state index is -0.433. The fourth-order valence-electron chi connectivity index (χ4n) is 5.79. The Labute approximate surface area is 196 Å². The van der Waals surface area contributed by atoms with Gasteiger partial charge in [-0.25, -0.2) is 4.79 Å². The second kappa shape index (κ2) is 7.41. The zero-order valence-electron chi connectivity index (χ0n) is 19.5. The standard InChI is InChI=1S/C26H27N5O3/c1-15-10-26(11-15,25-29-28-14-30(25)2)17-5-4-6-18(9-17)31-13-20(16-7-8-16)21-19(24(33)34-3)12-27-22(21)23(31)32/h4-6,9,12-16,27H,7-8,10-11H2,1-3H3. The number of fused-ring (bicyclic) bond motifs is 1. The molecule has 0 aliphatic heterocycles. The van der Waals surface area contributed by atoms with Crippen LogP contribution in [-0.4, -0.2) is 37.4 Å². The molecule has 3 heterocycles. The molecular formula is C26H27N5O3. The summed E-state index contributed by atoms with van der Waals surface area (Å²) >= 11 is 0. The lowest BCUT2D eigenvalue weighted by molar-refractivity contribution is 0.0603. The number of nitrogens with one attached hydrogen (secondary N) is 1. The molecule has 2 aliphatic carbocycles. The van der Waals surface area contributed by atoms with E-state index in [1.807, 2.05) is 29.9 Å². The number of carbonyl (C=O) groups is 1. The minimum Gasteiger partial charge on any atom is -0.465 e. The van der Waals surface area contributed by atoms with Gasteiger partial charge in [-0.3, -0.25) is 9.36 Å². The van der Waals surface area contributed by atoms with E-state index in [1.165, 1.54) is 7.11 Å². The highest BCUT2D eigenvalue weighted by Crippen LogP contribution is 2.51. The number of methoxy groups -OCH3 is 1. The number of H-pyrrole nitrogens is 1. The zero-order chi connectivity index (χ0) is 23.6. The number of aromatic amines is 1. The molecule has 0 spiro atoms. The minimum absolute atomic E-state index is 0.179. The van der Waals surface area contributed by atoms with Crippen molar-refractivity contribution in [2.45, 2.75) is 43.9 Å². The SMILES string of the molecule is COC(=O)c1c[nH]c2c(=O)n(-c3cccc(C4(c5nncn5C)CC(C)C4)c3)cc(C3CC3)c12. The number of nitrogens with zero attached hydrogens (tertiary/aromatic N) is 4. The van der Waals surface area contributed by atoms with E-state index >= 15 is 0 Å². The van der Waals surface area contributed by atoms with Crippen LogP contribution in [0.2, 0.25) is 0 Å². The summed E-state index contributed by atoms with van der Waals surface area (Å²) in [6.07, 6.45) is 9.32. The summed E-state index contributed by atoms with van der Waals surface area (Å²) in [4.78, 5) is 29.0. The van der Waals surface area contributed by atoms with Gasteiger partial charge >= 0.3 is 5.97 Å². The maximum atomic E-state index is 13.6. The van der Waals surface area contributed by atoms with E-state index < -0.39 is 5.97 Å². The normalized spacial score (nSPS) is 22.0. The first-order valence-corrected chi connectivity index (χ1v) is 11.7. The fourth-order valence-corrected chi connectivity index (χ4v) is 5.79. The molecule has 0 amide bonds. The molecule has 0 bridgehead atoms. The van der Waals surface area contributed by atoms with E-state index in [0.717, 1.165) is 48.3 Å². The molecule has 0 radical (unpaired) electrons. The molecule has 2 saturated carbocycles. The molecule has 8 heteroatoms. The van der Waals surface area contributed by atoms with Crippen LogP contribution in [0.4, 0.5) is 0 Å². The van der Waals surface area contributed by atoms with Crippen molar-refractivity contribution in [2.75, 3.05) is 7.11 Å². The molecule has 6 rings (SSSR count). The molecule has 34 heavy (non-hydrogen) atoms. The van der Waals surface area contributed by atoms with Crippen LogP contribution < -0.4 is 5.56 Å². The number of ether oxygens (including phenoxy) is 1. The third kappa shape index (κ3) is 2.97. The highest BCUT2D eigenvalue weighted by atomic mass is 16.5. The van der Waals surface area contributed by atoms with E-state index in [0.29, 0.717) is 28.3 Å². The smallest absolute Gasteiger partial charge is 0.340 e. The first-order valence-electron chi connectivity index (χ1n) is 11.7. The van der Waals surface area contributed by atoms with E-state index in [2.05, 4.69) is 34.2 Å². The van der Waals surface area contributed by atoms with Crippen LogP contribution >= 0.6 is 0 Å². The van der Waals surface area contributed by atoms with Gasteiger partial charge in [0.05, 0.1) is 18.1 Å². The highest BCUT2D eigenvalue weighted by Gasteiger charge is 2.48. The van der Waals surface area contributed by atoms with Gasteiger partial charge in [0.25, 0.3) is 5.56 Å². The van der Waals surface area contributed by atoms with E-state index in [4.69, 9.17) is 4.74 Å². The number of aryl methyl sites for hydroxylation is 1. The monoisotopic (exact) mass is 457 g/mol. The van der Waals surface area contributed by atoms with Gasteiger partial charge in [0.2, 0.25) is 0 Å². The Morgan fingerprint density at radius 2 is 2.06 bits per heavy atom. The van der Waals surface area contributed by atoms with Crippen molar-refractivity contribution in [3.05, 3.63) is 75.9 Å². The van der Waals surface area contributed by atoms with Crippen LogP contribution in [0, 0.1) is 5.92 Å². The number of rotatable bonds is 5. The fraction of sp³-hybridized carbons (Fsp3) is 0.385. The van der Waals surface area contributed by atoms with Gasteiger partial charge in [-0.2, -0.15) is 0 Å². The summed E-state index contributed by atoms with van der Waals surface area (Å²) in [7, 11) is 3.34. The lowest BCUT2D eigenvalue weighted by Crippen LogP contribution is -2.43. The number of aromatic nitrogens is 5. The quantitative estimate of drug-likeness (QED) is 0.460. The number of hydrogen-bond donors (Lipinski definition) is 1. The molecule has 2 fully saturated rings. The first kappa shape index (κ1) is 20.9. The van der Waals surface area contributed by atoms with Gasteiger partial charge in [-0.15, -0.1) is 10.2 Å². The van der Waals surface area contributed by atoms with Crippen LogP contribution in [0.3, 0.4) is 0 Å². The second-order valence-corrected chi connectivity index (χ2v) is 9.89. The molecule has 2 aliphatic rings. The zero-order valence-corrected chi connectivity index (χ0v) is 19.5. The summed E-state index contributed by atoms with van der Waals surface area (Å²) in [5.41, 5.74) is 3.43. The number of hydrogen-bond acceptors (Lipinski definition) is 5. The van der Waals surface area contributed by atoms with E-state index in [-0.39, 0.29) is 11.0 Å². The van der Waals surface area contributed by atoms with Crippen LogP contribution in [0.25, 0.3) is 16.6 Å². The van der Waals surface area contributed by atoms with Crippen molar-refractivity contribution in [1.29, 1.82) is 0 Å². The largest absolute Gasteiger partial charge is 0.465 e. The molecule has 3 aromatic heterocycles. The number of pyridine rings is 1. The van der Waals surface area contributed by atoms with Crippen molar-refractivity contribution in [3.8, 4) is 5.69 Å². The molecule has 174 valence electrons. The molecule has 8 nitrogen and oxygen atoms in total. The predicted octanol–water partition coefficient (Wildman–Crippen LogP) is 3.83. The van der Waals surface area contributed by atoms with Crippen LogP contribution in [0.5, 0.6) is 0 Å². The predicted molar refractivity (Wildman–Crippen MR) is 127 cm³/mol. The van der Waals surface area contributed by atoms with E-state index in [9.17, 15) is 9.59 Å². The Bertz CT molecular complexity index is 1480. The lowest BCUT2D eigenvalue weighted by Gasteiger charge is -2.46. The summed E-state index contributed by atoms with van der Waals surface area (Å²) in [6, 6.07) is 8.20. The first-order chi connectivity index (χ1) is 16.4. The second-order valence-electron chi connectivity index (χ2n) is 9.89. The third-order valence-corrected chi connectivity index (χ3v) is 7.50. The topological polar surface area (TPSA) is 94.8 Å². The van der Waals surface area contributed by atoms with Gasteiger partial charge in [0.15, 0.2) is 0 Å². The molecule has 1 N–H and O–H groups in total.